The van der Waals surface area contributed by atoms with Crippen LogP contribution in [0.4, 0.5) is 32.2 Å². The zero-order valence-corrected chi connectivity index (χ0v) is 10.8. The SMILES string of the molecule is CCN(CC(F)(F)F)c1nc(C(F)(F)F)ccc1C(=N)N. The van der Waals surface area contributed by atoms with E-state index < -0.39 is 36.2 Å². The maximum atomic E-state index is 12.6. The van der Waals surface area contributed by atoms with E-state index in [0.717, 1.165) is 6.07 Å². The molecule has 0 aromatic carbocycles. The monoisotopic (exact) mass is 314 g/mol. The predicted octanol–water partition coefficient (Wildman–Crippen LogP) is 2.77. The molecule has 0 aliphatic rings. The molecule has 0 saturated carbocycles. The van der Waals surface area contributed by atoms with E-state index in [2.05, 4.69) is 4.98 Å². The Morgan fingerprint density at radius 1 is 1.24 bits per heavy atom. The van der Waals surface area contributed by atoms with Gasteiger partial charge in [0.25, 0.3) is 0 Å². The van der Waals surface area contributed by atoms with Crippen LogP contribution in [-0.4, -0.2) is 30.1 Å². The molecule has 1 rings (SSSR count). The highest BCUT2D eigenvalue weighted by Gasteiger charge is 2.36. The maximum Gasteiger partial charge on any atom is 0.433 e. The number of aromatic nitrogens is 1. The number of hydrogen-bond donors (Lipinski definition) is 2. The van der Waals surface area contributed by atoms with Gasteiger partial charge in [-0.3, -0.25) is 5.41 Å². The van der Waals surface area contributed by atoms with Crippen molar-refractivity contribution in [2.45, 2.75) is 19.3 Å². The second-order valence-corrected chi connectivity index (χ2v) is 4.11. The summed E-state index contributed by atoms with van der Waals surface area (Å²) in [7, 11) is 0. The van der Waals surface area contributed by atoms with E-state index in [9.17, 15) is 26.3 Å². The Morgan fingerprint density at radius 3 is 2.19 bits per heavy atom. The average molecular weight is 314 g/mol. The number of nitrogens with one attached hydrogen (secondary N) is 1. The van der Waals surface area contributed by atoms with Crippen LogP contribution in [0.15, 0.2) is 12.1 Å². The molecule has 1 aromatic rings. The summed E-state index contributed by atoms with van der Waals surface area (Å²) < 4.78 is 75.3. The summed E-state index contributed by atoms with van der Waals surface area (Å²) in [6, 6.07) is 1.41. The van der Waals surface area contributed by atoms with Crippen molar-refractivity contribution in [3.63, 3.8) is 0 Å². The van der Waals surface area contributed by atoms with Gasteiger partial charge in [-0.05, 0) is 19.1 Å². The molecule has 0 aliphatic carbocycles. The molecule has 1 heterocycles. The zero-order chi connectivity index (χ0) is 16.4. The predicted molar refractivity (Wildman–Crippen MR) is 64.2 cm³/mol. The smallest absolute Gasteiger partial charge is 0.384 e. The van der Waals surface area contributed by atoms with Crippen molar-refractivity contribution in [3.05, 3.63) is 23.4 Å². The summed E-state index contributed by atoms with van der Waals surface area (Å²) in [5.74, 6) is -1.27. The lowest BCUT2D eigenvalue weighted by Gasteiger charge is -2.26. The van der Waals surface area contributed by atoms with E-state index >= 15 is 0 Å². The molecular weight excluding hydrogens is 302 g/mol. The van der Waals surface area contributed by atoms with Gasteiger partial charge in [0, 0.05) is 6.54 Å². The van der Waals surface area contributed by atoms with Crippen LogP contribution in [0.25, 0.3) is 0 Å². The minimum absolute atomic E-state index is 0.242. The van der Waals surface area contributed by atoms with Crippen LogP contribution in [-0.2, 0) is 6.18 Å². The highest BCUT2D eigenvalue weighted by molar-refractivity contribution is 5.99. The fraction of sp³-hybridized carbons (Fsp3) is 0.455. The largest absolute Gasteiger partial charge is 0.433 e. The van der Waals surface area contributed by atoms with Crippen molar-refractivity contribution >= 4 is 11.7 Å². The molecule has 0 amide bonds. The van der Waals surface area contributed by atoms with E-state index in [-0.39, 0.29) is 12.1 Å². The van der Waals surface area contributed by atoms with Crippen molar-refractivity contribution < 1.29 is 26.3 Å². The van der Waals surface area contributed by atoms with Gasteiger partial charge >= 0.3 is 12.4 Å². The lowest BCUT2D eigenvalue weighted by Crippen LogP contribution is -2.36. The van der Waals surface area contributed by atoms with Gasteiger partial charge in [0.05, 0.1) is 5.56 Å². The van der Waals surface area contributed by atoms with Gasteiger partial charge in [-0.1, -0.05) is 0 Å². The lowest BCUT2D eigenvalue weighted by atomic mass is 10.2. The fourth-order valence-corrected chi connectivity index (χ4v) is 1.61. The Morgan fingerprint density at radius 2 is 1.81 bits per heavy atom. The Bertz CT molecular complexity index is 522. The third-order valence-corrected chi connectivity index (χ3v) is 2.51. The number of rotatable bonds is 4. The first-order valence-electron chi connectivity index (χ1n) is 5.70. The molecule has 1 aromatic heterocycles. The summed E-state index contributed by atoms with van der Waals surface area (Å²) in [4.78, 5) is 3.79. The van der Waals surface area contributed by atoms with Gasteiger partial charge < -0.3 is 10.6 Å². The summed E-state index contributed by atoms with van der Waals surface area (Å²) in [6.07, 6.45) is -9.43. The number of nitrogen functional groups attached to an aromatic ring is 1. The van der Waals surface area contributed by atoms with Crippen molar-refractivity contribution in [3.8, 4) is 0 Å². The van der Waals surface area contributed by atoms with E-state index in [1.54, 1.807) is 0 Å². The first-order chi connectivity index (χ1) is 9.45. The zero-order valence-electron chi connectivity index (χ0n) is 10.8. The maximum absolute atomic E-state index is 12.6. The highest BCUT2D eigenvalue weighted by Crippen LogP contribution is 2.31. The number of amidine groups is 1. The number of nitrogens with zero attached hydrogens (tertiary/aromatic N) is 2. The molecule has 4 nitrogen and oxygen atoms in total. The first-order valence-corrected chi connectivity index (χ1v) is 5.70. The Kier molecular flexibility index (Phi) is 4.69. The van der Waals surface area contributed by atoms with Crippen molar-refractivity contribution in [2.24, 2.45) is 5.73 Å². The third kappa shape index (κ3) is 4.50. The van der Waals surface area contributed by atoms with Crippen LogP contribution in [0.2, 0.25) is 0 Å². The second-order valence-electron chi connectivity index (χ2n) is 4.11. The van der Waals surface area contributed by atoms with Crippen LogP contribution in [0, 0.1) is 5.41 Å². The normalized spacial score (nSPS) is 12.3. The van der Waals surface area contributed by atoms with Crippen LogP contribution >= 0.6 is 0 Å². The Hall–Kier alpha value is -2.00. The molecule has 0 aliphatic heterocycles. The minimum atomic E-state index is -4.80. The van der Waals surface area contributed by atoms with E-state index in [1.807, 2.05) is 0 Å². The summed E-state index contributed by atoms with van der Waals surface area (Å²) >= 11 is 0. The van der Waals surface area contributed by atoms with Crippen LogP contribution in [0.3, 0.4) is 0 Å². The van der Waals surface area contributed by atoms with Crippen molar-refractivity contribution in [1.29, 1.82) is 5.41 Å². The van der Waals surface area contributed by atoms with Gasteiger partial charge in [-0.2, -0.15) is 26.3 Å². The van der Waals surface area contributed by atoms with Crippen molar-refractivity contribution in [2.75, 3.05) is 18.0 Å². The molecule has 118 valence electrons. The molecule has 0 saturated heterocycles. The van der Waals surface area contributed by atoms with Crippen LogP contribution < -0.4 is 10.6 Å². The number of hydrogen-bond acceptors (Lipinski definition) is 3. The number of alkyl halides is 6. The fourth-order valence-electron chi connectivity index (χ4n) is 1.61. The molecule has 10 heteroatoms. The minimum Gasteiger partial charge on any atom is -0.384 e. The third-order valence-electron chi connectivity index (χ3n) is 2.51. The van der Waals surface area contributed by atoms with E-state index in [0.29, 0.717) is 11.0 Å². The lowest BCUT2D eigenvalue weighted by molar-refractivity contribution is -0.141. The Labute approximate surface area is 116 Å². The van der Waals surface area contributed by atoms with E-state index in [4.69, 9.17) is 11.1 Å². The summed E-state index contributed by atoms with van der Waals surface area (Å²) in [5, 5.41) is 7.25. The Balaban J connectivity index is 3.37. The molecular formula is C11H12F6N4. The van der Waals surface area contributed by atoms with Gasteiger partial charge in [0.1, 0.15) is 23.9 Å². The summed E-state index contributed by atoms with van der Waals surface area (Å²) in [5.41, 5.74) is 3.56. The highest BCUT2D eigenvalue weighted by atomic mass is 19.4. The second kappa shape index (κ2) is 5.78. The number of halogens is 6. The molecule has 0 fully saturated rings. The van der Waals surface area contributed by atoms with Crippen molar-refractivity contribution in [1.82, 2.24) is 4.98 Å². The molecule has 0 radical (unpaired) electrons. The number of anilines is 1. The number of pyridine rings is 1. The topological polar surface area (TPSA) is 66.0 Å². The molecule has 0 bridgehead atoms. The summed E-state index contributed by atoms with van der Waals surface area (Å²) in [6.45, 7) is -0.399. The molecule has 21 heavy (non-hydrogen) atoms. The van der Waals surface area contributed by atoms with Crippen LogP contribution in [0.5, 0.6) is 0 Å². The molecule has 0 atom stereocenters. The first kappa shape index (κ1) is 17.1. The van der Waals surface area contributed by atoms with Gasteiger partial charge in [0.15, 0.2) is 0 Å². The van der Waals surface area contributed by atoms with Gasteiger partial charge in [-0.15, -0.1) is 0 Å². The van der Waals surface area contributed by atoms with Gasteiger partial charge in [-0.25, -0.2) is 4.98 Å². The quantitative estimate of drug-likeness (QED) is 0.510. The van der Waals surface area contributed by atoms with Crippen LogP contribution in [0.1, 0.15) is 18.2 Å². The van der Waals surface area contributed by atoms with Gasteiger partial charge in [0.2, 0.25) is 0 Å². The molecule has 0 unspecified atom stereocenters. The average Bonchev–Trinajstić information content (AvgIpc) is 2.33. The molecule has 0 spiro atoms. The standard InChI is InChI=1S/C11H12F6N4/c1-2-21(5-10(12,13)14)9-6(8(18)19)3-4-7(20-9)11(15,16)17/h3-4H,2,5H2,1H3,(H3,18,19). The number of nitrogens with two attached hydrogens (primary N) is 1. The van der Waals surface area contributed by atoms with E-state index in [1.165, 1.54) is 6.92 Å². The molecule has 3 N–H and O–H groups in total.